The number of amides is 3. The van der Waals surface area contributed by atoms with Gasteiger partial charge in [-0.25, -0.2) is 4.79 Å². The van der Waals surface area contributed by atoms with Crippen molar-refractivity contribution in [2.24, 2.45) is 0 Å². The molecule has 0 unspecified atom stereocenters. The van der Waals surface area contributed by atoms with Crippen LogP contribution in [-0.2, 0) is 4.74 Å². The summed E-state index contributed by atoms with van der Waals surface area (Å²) >= 11 is 0. The normalized spacial score (nSPS) is 15.3. The summed E-state index contributed by atoms with van der Waals surface area (Å²) < 4.78 is 5.23. The predicted molar refractivity (Wildman–Crippen MR) is 85.1 cm³/mol. The van der Waals surface area contributed by atoms with Gasteiger partial charge < -0.3 is 20.3 Å². The Morgan fingerprint density at radius 2 is 1.77 bits per heavy atom. The fraction of sp³-hybridized carbons (Fsp3) is 0.500. The number of morpholine rings is 1. The molecule has 6 heteroatoms. The van der Waals surface area contributed by atoms with Crippen molar-refractivity contribution < 1.29 is 14.3 Å². The van der Waals surface area contributed by atoms with Crippen molar-refractivity contribution in [3.05, 3.63) is 29.8 Å². The number of para-hydroxylation sites is 1. The molecule has 0 spiro atoms. The van der Waals surface area contributed by atoms with Gasteiger partial charge in [0.15, 0.2) is 0 Å². The van der Waals surface area contributed by atoms with Gasteiger partial charge in [-0.05, 0) is 32.9 Å². The number of anilines is 1. The second-order valence-corrected chi connectivity index (χ2v) is 6.28. The molecule has 0 bridgehead atoms. The van der Waals surface area contributed by atoms with Crippen molar-refractivity contribution in [2.75, 3.05) is 31.6 Å². The molecular weight excluding hydrogens is 282 g/mol. The van der Waals surface area contributed by atoms with Gasteiger partial charge in [0.1, 0.15) is 0 Å². The van der Waals surface area contributed by atoms with E-state index in [1.165, 1.54) is 0 Å². The maximum atomic E-state index is 12.3. The Morgan fingerprint density at radius 1 is 1.14 bits per heavy atom. The number of urea groups is 1. The molecule has 0 saturated carbocycles. The van der Waals surface area contributed by atoms with Crippen LogP contribution in [0.5, 0.6) is 0 Å². The quantitative estimate of drug-likeness (QED) is 0.879. The van der Waals surface area contributed by atoms with E-state index in [1.807, 2.05) is 20.8 Å². The number of carbonyl (C=O) groups excluding carboxylic acids is 2. The summed E-state index contributed by atoms with van der Waals surface area (Å²) in [5, 5.41) is 5.72. The van der Waals surface area contributed by atoms with Crippen LogP contribution in [0.1, 0.15) is 31.1 Å². The molecule has 3 amide bonds. The maximum Gasteiger partial charge on any atom is 0.322 e. The Labute approximate surface area is 130 Å². The van der Waals surface area contributed by atoms with E-state index in [0.717, 1.165) is 0 Å². The first-order valence-electron chi connectivity index (χ1n) is 7.42. The van der Waals surface area contributed by atoms with Gasteiger partial charge in [-0.3, -0.25) is 4.79 Å². The topological polar surface area (TPSA) is 70.7 Å². The van der Waals surface area contributed by atoms with Crippen LogP contribution in [0, 0.1) is 0 Å². The number of hydrogen-bond donors (Lipinski definition) is 2. The number of nitrogens with one attached hydrogen (secondary N) is 2. The average Bonchev–Trinajstić information content (AvgIpc) is 2.47. The van der Waals surface area contributed by atoms with E-state index in [4.69, 9.17) is 4.74 Å². The van der Waals surface area contributed by atoms with E-state index >= 15 is 0 Å². The number of benzene rings is 1. The van der Waals surface area contributed by atoms with Crippen LogP contribution in [0.15, 0.2) is 24.3 Å². The second kappa shape index (κ2) is 6.79. The van der Waals surface area contributed by atoms with E-state index in [-0.39, 0.29) is 17.5 Å². The van der Waals surface area contributed by atoms with Gasteiger partial charge in [-0.15, -0.1) is 0 Å². The summed E-state index contributed by atoms with van der Waals surface area (Å²) in [6, 6.07) is 6.80. The maximum absolute atomic E-state index is 12.3. The molecule has 1 aromatic carbocycles. The van der Waals surface area contributed by atoms with Crippen LogP contribution in [0.25, 0.3) is 0 Å². The summed E-state index contributed by atoms with van der Waals surface area (Å²) in [4.78, 5) is 26.3. The van der Waals surface area contributed by atoms with Crippen molar-refractivity contribution in [2.45, 2.75) is 26.3 Å². The van der Waals surface area contributed by atoms with Crippen molar-refractivity contribution in [1.82, 2.24) is 10.2 Å². The largest absolute Gasteiger partial charge is 0.378 e. The van der Waals surface area contributed by atoms with E-state index in [9.17, 15) is 9.59 Å². The lowest BCUT2D eigenvalue weighted by Gasteiger charge is -2.27. The lowest BCUT2D eigenvalue weighted by atomic mass is 10.1. The third-order valence-corrected chi connectivity index (χ3v) is 3.20. The van der Waals surface area contributed by atoms with Gasteiger partial charge in [0.25, 0.3) is 5.91 Å². The van der Waals surface area contributed by atoms with Crippen LogP contribution >= 0.6 is 0 Å². The third kappa shape index (κ3) is 4.46. The van der Waals surface area contributed by atoms with Crippen molar-refractivity contribution in [3.8, 4) is 0 Å². The average molecular weight is 305 g/mol. The molecule has 2 N–H and O–H groups in total. The molecule has 1 aromatic rings. The molecule has 0 aromatic heterocycles. The summed E-state index contributed by atoms with van der Waals surface area (Å²) in [5.41, 5.74) is 0.637. The van der Waals surface area contributed by atoms with E-state index < -0.39 is 0 Å². The zero-order chi connectivity index (χ0) is 16.2. The predicted octanol–water partition coefficient (Wildman–Crippen LogP) is 2.08. The molecule has 120 valence electrons. The van der Waals surface area contributed by atoms with E-state index in [2.05, 4.69) is 10.6 Å². The van der Waals surface area contributed by atoms with Gasteiger partial charge in [0.05, 0.1) is 24.5 Å². The molecule has 1 aliphatic heterocycles. The molecule has 2 rings (SSSR count). The first-order chi connectivity index (χ1) is 10.4. The number of ether oxygens (including phenoxy) is 1. The summed E-state index contributed by atoms with van der Waals surface area (Å²) in [6.07, 6.45) is 0. The molecular formula is C16H23N3O3. The molecule has 1 heterocycles. The van der Waals surface area contributed by atoms with Crippen LogP contribution in [0.2, 0.25) is 0 Å². The zero-order valence-corrected chi connectivity index (χ0v) is 13.3. The number of nitrogens with zero attached hydrogens (tertiary/aromatic N) is 1. The van der Waals surface area contributed by atoms with Crippen molar-refractivity contribution >= 4 is 17.6 Å². The van der Waals surface area contributed by atoms with Crippen LogP contribution in [0.3, 0.4) is 0 Å². The SMILES string of the molecule is CC(C)(C)NC(=O)c1ccccc1NC(=O)N1CCOCC1. The highest BCUT2D eigenvalue weighted by molar-refractivity contribution is 6.03. The summed E-state index contributed by atoms with van der Waals surface area (Å²) in [6.45, 7) is 7.95. The fourth-order valence-corrected chi connectivity index (χ4v) is 2.16. The molecule has 6 nitrogen and oxygen atoms in total. The van der Waals surface area contributed by atoms with E-state index in [0.29, 0.717) is 37.6 Å². The molecule has 22 heavy (non-hydrogen) atoms. The molecule has 1 aliphatic rings. The molecule has 1 fully saturated rings. The highest BCUT2D eigenvalue weighted by Crippen LogP contribution is 2.17. The Balaban J connectivity index is 2.10. The molecule has 0 radical (unpaired) electrons. The Morgan fingerprint density at radius 3 is 2.41 bits per heavy atom. The molecule has 0 atom stereocenters. The second-order valence-electron chi connectivity index (χ2n) is 6.28. The summed E-state index contributed by atoms with van der Waals surface area (Å²) in [5.74, 6) is -0.203. The minimum Gasteiger partial charge on any atom is -0.378 e. The molecule has 0 aliphatic carbocycles. The standard InChI is InChI=1S/C16H23N3O3/c1-16(2,3)18-14(20)12-6-4-5-7-13(12)17-15(21)19-8-10-22-11-9-19/h4-7H,8-11H2,1-3H3,(H,17,21)(H,18,20). The van der Waals surface area contributed by atoms with E-state index in [1.54, 1.807) is 29.2 Å². The number of hydrogen-bond acceptors (Lipinski definition) is 3. The summed E-state index contributed by atoms with van der Waals surface area (Å²) in [7, 11) is 0. The Kier molecular flexibility index (Phi) is 5.03. The Hall–Kier alpha value is -2.08. The fourth-order valence-electron chi connectivity index (χ4n) is 2.16. The molecule has 1 saturated heterocycles. The lowest BCUT2D eigenvalue weighted by molar-refractivity contribution is 0.0564. The van der Waals surface area contributed by atoms with Gasteiger partial charge in [-0.1, -0.05) is 12.1 Å². The van der Waals surface area contributed by atoms with Gasteiger partial charge in [0, 0.05) is 18.6 Å². The van der Waals surface area contributed by atoms with Gasteiger partial charge in [0.2, 0.25) is 0 Å². The number of carbonyl (C=O) groups is 2. The van der Waals surface area contributed by atoms with Crippen molar-refractivity contribution in [3.63, 3.8) is 0 Å². The van der Waals surface area contributed by atoms with Gasteiger partial charge in [-0.2, -0.15) is 0 Å². The Bertz CT molecular complexity index is 546. The highest BCUT2D eigenvalue weighted by atomic mass is 16.5. The minimum absolute atomic E-state index is 0.203. The van der Waals surface area contributed by atoms with Crippen molar-refractivity contribution in [1.29, 1.82) is 0 Å². The third-order valence-electron chi connectivity index (χ3n) is 3.20. The smallest absolute Gasteiger partial charge is 0.322 e. The zero-order valence-electron chi connectivity index (χ0n) is 13.3. The highest BCUT2D eigenvalue weighted by Gasteiger charge is 2.21. The van der Waals surface area contributed by atoms with Crippen LogP contribution in [-0.4, -0.2) is 48.7 Å². The minimum atomic E-state index is -0.335. The number of rotatable bonds is 2. The first-order valence-corrected chi connectivity index (χ1v) is 7.42. The van der Waals surface area contributed by atoms with Crippen LogP contribution < -0.4 is 10.6 Å². The first kappa shape index (κ1) is 16.3. The van der Waals surface area contributed by atoms with Crippen LogP contribution in [0.4, 0.5) is 10.5 Å². The monoisotopic (exact) mass is 305 g/mol. The van der Waals surface area contributed by atoms with Gasteiger partial charge >= 0.3 is 6.03 Å². The lowest BCUT2D eigenvalue weighted by Crippen LogP contribution is -2.44.